The molecule has 0 bridgehead atoms. The maximum absolute atomic E-state index is 5.31. The predicted octanol–water partition coefficient (Wildman–Crippen LogP) is 2.80. The first-order valence-electron chi connectivity index (χ1n) is 3.47. The normalized spacial score (nSPS) is 9.91. The van der Waals surface area contributed by atoms with Gasteiger partial charge in [0.15, 0.2) is 0 Å². The first-order valence-corrected chi connectivity index (χ1v) is 4.71. The second kappa shape index (κ2) is 5.55. The lowest BCUT2D eigenvalue weighted by atomic mass is 10.2. The van der Waals surface area contributed by atoms with Crippen LogP contribution >= 0.6 is 22.6 Å². The molecule has 11 heavy (non-hydrogen) atoms. The standard InChI is InChI=1S/C9H10IO/c10-6-7-11-8-9-4-2-1-3-5-9/h1-6H,7-8H2. The number of benzene rings is 1. The zero-order valence-corrected chi connectivity index (χ0v) is 8.32. The molecule has 0 spiro atoms. The van der Waals surface area contributed by atoms with Crippen LogP contribution in [0.5, 0.6) is 0 Å². The van der Waals surface area contributed by atoms with Gasteiger partial charge in [0.25, 0.3) is 0 Å². The summed E-state index contributed by atoms with van der Waals surface area (Å²) in [6.45, 7) is 1.43. The number of hydrogen-bond acceptors (Lipinski definition) is 1. The molecule has 2 heteroatoms. The van der Waals surface area contributed by atoms with Gasteiger partial charge in [-0.25, -0.2) is 0 Å². The number of halogens is 1. The Hall–Kier alpha value is -0.0900. The van der Waals surface area contributed by atoms with Crippen LogP contribution in [0.25, 0.3) is 0 Å². The average Bonchev–Trinajstić information content (AvgIpc) is 2.07. The highest BCUT2D eigenvalue weighted by Gasteiger charge is 1.89. The molecule has 1 radical (unpaired) electrons. The maximum atomic E-state index is 5.31. The third kappa shape index (κ3) is 3.72. The van der Waals surface area contributed by atoms with Gasteiger partial charge >= 0.3 is 0 Å². The Labute approximate surface area is 80.9 Å². The molecule has 59 valence electrons. The molecule has 0 aliphatic heterocycles. The largest absolute Gasteiger partial charge is 0.376 e. The summed E-state index contributed by atoms with van der Waals surface area (Å²) in [5, 5.41) is 0. The molecule has 0 atom stereocenters. The molecular weight excluding hydrogens is 251 g/mol. The molecule has 0 aromatic heterocycles. The Morgan fingerprint density at radius 2 is 2.00 bits per heavy atom. The highest BCUT2D eigenvalue weighted by molar-refractivity contribution is 14.1. The van der Waals surface area contributed by atoms with E-state index in [4.69, 9.17) is 4.74 Å². The van der Waals surface area contributed by atoms with Crippen molar-refractivity contribution in [3.63, 3.8) is 0 Å². The van der Waals surface area contributed by atoms with Crippen LogP contribution in [0.15, 0.2) is 30.3 Å². The second-order valence-corrected chi connectivity index (χ2v) is 3.04. The van der Waals surface area contributed by atoms with E-state index in [-0.39, 0.29) is 0 Å². The van der Waals surface area contributed by atoms with Crippen molar-refractivity contribution in [3.8, 4) is 0 Å². The van der Waals surface area contributed by atoms with E-state index in [0.717, 1.165) is 6.61 Å². The number of ether oxygens (including phenoxy) is 1. The summed E-state index contributed by atoms with van der Waals surface area (Å²) in [6, 6.07) is 10.2. The summed E-state index contributed by atoms with van der Waals surface area (Å²) >= 11 is 2.18. The lowest BCUT2D eigenvalue weighted by Gasteiger charge is -2.00. The van der Waals surface area contributed by atoms with Gasteiger partial charge in [0.1, 0.15) is 0 Å². The predicted molar refractivity (Wildman–Crippen MR) is 54.4 cm³/mol. The minimum absolute atomic E-state index is 0.709. The fraction of sp³-hybridized carbons (Fsp3) is 0.222. The average molecular weight is 261 g/mol. The van der Waals surface area contributed by atoms with Crippen molar-refractivity contribution in [2.45, 2.75) is 6.61 Å². The van der Waals surface area contributed by atoms with Gasteiger partial charge < -0.3 is 4.74 Å². The van der Waals surface area contributed by atoms with E-state index in [1.165, 1.54) is 5.56 Å². The monoisotopic (exact) mass is 261 g/mol. The van der Waals surface area contributed by atoms with E-state index in [9.17, 15) is 0 Å². The Kier molecular flexibility index (Phi) is 4.54. The molecule has 0 aliphatic rings. The Morgan fingerprint density at radius 3 is 2.64 bits per heavy atom. The Bertz CT molecular complexity index is 186. The van der Waals surface area contributed by atoms with Crippen molar-refractivity contribution in [1.82, 2.24) is 0 Å². The first kappa shape index (κ1) is 9.00. The Balaban J connectivity index is 2.28. The third-order valence-electron chi connectivity index (χ3n) is 1.29. The summed E-state index contributed by atoms with van der Waals surface area (Å²) < 4.78 is 7.28. The van der Waals surface area contributed by atoms with Crippen LogP contribution in [0.3, 0.4) is 0 Å². The maximum Gasteiger partial charge on any atom is 0.0717 e. The zero-order chi connectivity index (χ0) is 7.94. The fourth-order valence-electron chi connectivity index (χ4n) is 0.796. The van der Waals surface area contributed by atoms with E-state index in [0.29, 0.717) is 6.61 Å². The van der Waals surface area contributed by atoms with Gasteiger partial charge in [-0.3, -0.25) is 0 Å². The van der Waals surface area contributed by atoms with Crippen LogP contribution in [0.4, 0.5) is 0 Å². The fourth-order valence-corrected chi connectivity index (χ4v) is 1.05. The van der Waals surface area contributed by atoms with Crippen molar-refractivity contribution >= 4 is 22.6 Å². The molecule has 1 aromatic carbocycles. The van der Waals surface area contributed by atoms with Crippen LogP contribution in [-0.4, -0.2) is 6.61 Å². The van der Waals surface area contributed by atoms with Gasteiger partial charge in [0.05, 0.1) is 13.2 Å². The van der Waals surface area contributed by atoms with E-state index < -0.39 is 0 Å². The number of rotatable bonds is 4. The topological polar surface area (TPSA) is 9.23 Å². The number of hydrogen-bond donors (Lipinski definition) is 0. The summed E-state index contributed by atoms with van der Waals surface area (Å²) in [4.78, 5) is 0. The highest BCUT2D eigenvalue weighted by Crippen LogP contribution is 2.01. The lowest BCUT2D eigenvalue weighted by Crippen LogP contribution is -1.92. The van der Waals surface area contributed by atoms with Gasteiger partial charge in [-0.2, -0.15) is 0 Å². The van der Waals surface area contributed by atoms with Gasteiger partial charge in [-0.1, -0.05) is 52.9 Å². The molecule has 0 unspecified atom stereocenters. The van der Waals surface area contributed by atoms with Crippen molar-refractivity contribution in [3.05, 3.63) is 40.3 Å². The summed E-state index contributed by atoms with van der Waals surface area (Å²) in [5.41, 5.74) is 1.23. The van der Waals surface area contributed by atoms with E-state index in [1.54, 1.807) is 0 Å². The molecule has 1 nitrogen and oxygen atoms in total. The second-order valence-electron chi connectivity index (χ2n) is 2.16. The minimum Gasteiger partial charge on any atom is -0.376 e. The van der Waals surface area contributed by atoms with Crippen molar-refractivity contribution < 1.29 is 4.74 Å². The molecule has 0 aliphatic carbocycles. The quantitative estimate of drug-likeness (QED) is 0.598. The smallest absolute Gasteiger partial charge is 0.0717 e. The molecular formula is C9H10IO. The van der Waals surface area contributed by atoms with E-state index >= 15 is 0 Å². The van der Waals surface area contributed by atoms with Gasteiger partial charge in [-0.15, -0.1) is 0 Å². The van der Waals surface area contributed by atoms with Crippen molar-refractivity contribution in [2.24, 2.45) is 0 Å². The molecule has 0 saturated carbocycles. The van der Waals surface area contributed by atoms with Gasteiger partial charge in [0, 0.05) is 4.43 Å². The highest BCUT2D eigenvalue weighted by atomic mass is 127. The van der Waals surface area contributed by atoms with Crippen LogP contribution in [-0.2, 0) is 11.3 Å². The molecule has 0 heterocycles. The van der Waals surface area contributed by atoms with Crippen LogP contribution in [0, 0.1) is 4.43 Å². The lowest BCUT2D eigenvalue weighted by molar-refractivity contribution is 0.146. The van der Waals surface area contributed by atoms with Crippen LogP contribution < -0.4 is 0 Å². The SMILES string of the molecule is I[CH]COCc1ccccc1. The van der Waals surface area contributed by atoms with Gasteiger partial charge in [-0.05, 0) is 5.56 Å². The summed E-state index contributed by atoms with van der Waals surface area (Å²) in [6.07, 6.45) is 0. The molecule has 0 saturated heterocycles. The van der Waals surface area contributed by atoms with Crippen LogP contribution in [0.2, 0.25) is 0 Å². The molecule has 1 rings (SSSR count). The first-order chi connectivity index (χ1) is 5.43. The van der Waals surface area contributed by atoms with E-state index in [1.807, 2.05) is 22.6 Å². The molecule has 0 N–H and O–H groups in total. The minimum atomic E-state index is 0.709. The molecule has 0 amide bonds. The van der Waals surface area contributed by atoms with E-state index in [2.05, 4.69) is 34.7 Å². The van der Waals surface area contributed by atoms with Gasteiger partial charge in [0.2, 0.25) is 0 Å². The Morgan fingerprint density at radius 1 is 1.27 bits per heavy atom. The molecule has 1 aromatic rings. The summed E-state index contributed by atoms with van der Waals surface area (Å²) in [7, 11) is 0. The van der Waals surface area contributed by atoms with Crippen molar-refractivity contribution in [2.75, 3.05) is 6.61 Å². The third-order valence-corrected chi connectivity index (χ3v) is 1.65. The van der Waals surface area contributed by atoms with Crippen LogP contribution in [0.1, 0.15) is 5.56 Å². The summed E-state index contributed by atoms with van der Waals surface area (Å²) in [5.74, 6) is 0. The molecule has 0 fully saturated rings. The van der Waals surface area contributed by atoms with Crippen molar-refractivity contribution in [1.29, 1.82) is 0 Å². The zero-order valence-electron chi connectivity index (χ0n) is 6.16.